The van der Waals surface area contributed by atoms with Gasteiger partial charge in [0.15, 0.2) is 0 Å². The molecule has 0 unspecified atom stereocenters. The molecule has 2 heterocycles. The van der Waals surface area contributed by atoms with E-state index in [4.69, 9.17) is 23.2 Å². The van der Waals surface area contributed by atoms with E-state index in [1.165, 1.54) is 25.0 Å². The van der Waals surface area contributed by atoms with Crippen LogP contribution in [0.5, 0.6) is 0 Å². The van der Waals surface area contributed by atoms with Gasteiger partial charge in [-0.15, -0.1) is 5.10 Å². The van der Waals surface area contributed by atoms with Crippen molar-refractivity contribution in [3.05, 3.63) is 61.6 Å². The zero-order valence-corrected chi connectivity index (χ0v) is 15.7. The summed E-state index contributed by atoms with van der Waals surface area (Å²) in [6.45, 7) is 1.70. The number of benzene rings is 1. The van der Waals surface area contributed by atoms with E-state index in [-0.39, 0.29) is 29.6 Å². The predicted molar refractivity (Wildman–Crippen MR) is 98.1 cm³/mol. The van der Waals surface area contributed by atoms with Gasteiger partial charge in [-0.1, -0.05) is 29.3 Å². The maximum absolute atomic E-state index is 12.4. The Bertz CT molecular complexity index is 1020. The van der Waals surface area contributed by atoms with Crippen LogP contribution < -0.4 is 5.32 Å². The molecule has 140 valence electrons. The standard InChI is InChI=1S/C15H13Cl2N7O3/c1-8-12(24(26)27)13(22(2)20-8)14(25)19-15-18-7-23(21-15)6-9-10(16)4-3-5-11(9)17/h3-5,7H,6H2,1-2H3,(H,19,21,25). The number of amides is 1. The van der Waals surface area contributed by atoms with Crippen molar-refractivity contribution in [2.24, 2.45) is 7.05 Å². The highest BCUT2D eigenvalue weighted by atomic mass is 35.5. The monoisotopic (exact) mass is 409 g/mol. The van der Waals surface area contributed by atoms with Gasteiger partial charge in [0.1, 0.15) is 12.0 Å². The molecule has 10 nitrogen and oxygen atoms in total. The maximum Gasteiger partial charge on any atom is 0.322 e. The van der Waals surface area contributed by atoms with Gasteiger partial charge in [0, 0.05) is 22.7 Å². The van der Waals surface area contributed by atoms with E-state index in [2.05, 4.69) is 20.5 Å². The van der Waals surface area contributed by atoms with Crippen LogP contribution in [0.3, 0.4) is 0 Å². The number of hydrogen-bond acceptors (Lipinski definition) is 6. The quantitative estimate of drug-likeness (QED) is 0.510. The molecule has 0 bridgehead atoms. The largest absolute Gasteiger partial charge is 0.322 e. The summed E-state index contributed by atoms with van der Waals surface area (Å²) in [7, 11) is 1.44. The lowest BCUT2D eigenvalue weighted by Crippen LogP contribution is -2.18. The molecule has 0 saturated heterocycles. The van der Waals surface area contributed by atoms with Crippen LogP contribution in [-0.4, -0.2) is 35.4 Å². The van der Waals surface area contributed by atoms with Gasteiger partial charge in [-0.2, -0.15) is 5.10 Å². The van der Waals surface area contributed by atoms with Gasteiger partial charge in [-0.3, -0.25) is 24.9 Å². The number of aromatic nitrogens is 5. The van der Waals surface area contributed by atoms with Gasteiger partial charge in [0.25, 0.3) is 5.91 Å². The summed E-state index contributed by atoms with van der Waals surface area (Å²) in [5.74, 6) is -0.755. The summed E-state index contributed by atoms with van der Waals surface area (Å²) < 4.78 is 2.58. The molecule has 0 spiro atoms. The predicted octanol–water partition coefficient (Wildman–Crippen LogP) is 2.84. The lowest BCUT2D eigenvalue weighted by Gasteiger charge is -2.06. The highest BCUT2D eigenvalue weighted by Gasteiger charge is 2.29. The topological polar surface area (TPSA) is 121 Å². The number of anilines is 1. The van der Waals surface area contributed by atoms with Crippen LogP contribution in [0.4, 0.5) is 11.6 Å². The van der Waals surface area contributed by atoms with Gasteiger partial charge in [0.2, 0.25) is 11.6 Å². The number of nitro groups is 1. The normalized spacial score (nSPS) is 10.8. The number of halogens is 2. The summed E-state index contributed by atoms with van der Waals surface area (Å²) in [4.78, 5) is 27.0. The molecule has 0 atom stereocenters. The van der Waals surface area contributed by atoms with Gasteiger partial charge in [-0.25, -0.2) is 9.67 Å². The number of carbonyl (C=O) groups excluding carboxylic acids is 1. The van der Waals surface area contributed by atoms with Crippen molar-refractivity contribution in [2.45, 2.75) is 13.5 Å². The Balaban J connectivity index is 1.81. The Morgan fingerprint density at radius 3 is 2.59 bits per heavy atom. The zero-order valence-electron chi connectivity index (χ0n) is 14.2. The van der Waals surface area contributed by atoms with Gasteiger partial charge in [0.05, 0.1) is 11.5 Å². The van der Waals surface area contributed by atoms with Crippen LogP contribution in [0.1, 0.15) is 21.7 Å². The molecule has 0 fully saturated rings. The van der Waals surface area contributed by atoms with E-state index >= 15 is 0 Å². The average Bonchev–Trinajstić information content (AvgIpc) is 3.14. The van der Waals surface area contributed by atoms with Gasteiger partial charge < -0.3 is 0 Å². The van der Waals surface area contributed by atoms with Crippen LogP contribution in [0.15, 0.2) is 24.5 Å². The Labute approximate surface area is 162 Å². The molecular formula is C15H13Cl2N7O3. The average molecular weight is 410 g/mol. The fourth-order valence-corrected chi connectivity index (χ4v) is 3.07. The van der Waals surface area contributed by atoms with E-state index in [0.29, 0.717) is 15.6 Å². The number of hydrogen-bond donors (Lipinski definition) is 1. The Kier molecular flexibility index (Phi) is 5.10. The third kappa shape index (κ3) is 3.76. The molecular weight excluding hydrogens is 397 g/mol. The summed E-state index contributed by atoms with van der Waals surface area (Å²) in [5.41, 5.74) is 0.237. The van der Waals surface area contributed by atoms with Crippen molar-refractivity contribution < 1.29 is 9.72 Å². The Morgan fingerprint density at radius 1 is 1.30 bits per heavy atom. The number of carbonyl (C=O) groups is 1. The number of rotatable bonds is 5. The highest BCUT2D eigenvalue weighted by Crippen LogP contribution is 2.25. The van der Waals surface area contributed by atoms with Gasteiger partial charge >= 0.3 is 5.69 Å². The van der Waals surface area contributed by atoms with E-state index < -0.39 is 10.8 Å². The molecule has 27 heavy (non-hydrogen) atoms. The number of aryl methyl sites for hydroxylation is 2. The van der Waals surface area contributed by atoms with Crippen molar-refractivity contribution in [3.8, 4) is 0 Å². The summed E-state index contributed by atoms with van der Waals surface area (Å²) >= 11 is 12.3. The second-order valence-corrected chi connectivity index (χ2v) is 6.40. The summed E-state index contributed by atoms with van der Waals surface area (Å²) in [5, 5.41) is 22.6. The summed E-state index contributed by atoms with van der Waals surface area (Å²) in [6, 6.07) is 5.13. The molecule has 0 aliphatic heterocycles. The van der Waals surface area contributed by atoms with Gasteiger partial charge in [-0.05, 0) is 19.1 Å². The number of nitrogens with one attached hydrogen (secondary N) is 1. The molecule has 12 heteroatoms. The molecule has 0 saturated carbocycles. The number of nitrogens with zero attached hydrogens (tertiary/aromatic N) is 6. The summed E-state index contributed by atoms with van der Waals surface area (Å²) in [6.07, 6.45) is 1.39. The van der Waals surface area contributed by atoms with Crippen molar-refractivity contribution in [3.63, 3.8) is 0 Å². The van der Waals surface area contributed by atoms with Crippen molar-refractivity contribution in [1.82, 2.24) is 24.5 Å². The van der Waals surface area contributed by atoms with E-state index in [0.717, 1.165) is 4.68 Å². The SMILES string of the molecule is Cc1nn(C)c(C(=O)Nc2ncn(Cc3c(Cl)cccc3Cl)n2)c1[N+](=O)[O-]. The third-order valence-corrected chi connectivity index (χ3v) is 4.44. The minimum absolute atomic E-state index is 0.0173. The fourth-order valence-electron chi connectivity index (χ4n) is 2.55. The Hall–Kier alpha value is -2.98. The fraction of sp³-hybridized carbons (Fsp3) is 0.200. The lowest BCUT2D eigenvalue weighted by atomic mass is 10.2. The maximum atomic E-state index is 12.4. The zero-order chi connectivity index (χ0) is 19.7. The van der Waals surface area contributed by atoms with Crippen LogP contribution in [0, 0.1) is 17.0 Å². The second-order valence-electron chi connectivity index (χ2n) is 5.58. The minimum Gasteiger partial charge on any atom is -0.288 e. The van der Waals surface area contributed by atoms with E-state index in [1.807, 2.05) is 0 Å². The first-order valence-electron chi connectivity index (χ1n) is 7.59. The molecule has 0 aliphatic carbocycles. The molecule has 3 rings (SSSR count). The smallest absolute Gasteiger partial charge is 0.288 e. The molecule has 0 radical (unpaired) electrons. The highest BCUT2D eigenvalue weighted by molar-refractivity contribution is 6.35. The van der Waals surface area contributed by atoms with Crippen molar-refractivity contribution in [1.29, 1.82) is 0 Å². The van der Waals surface area contributed by atoms with Crippen molar-refractivity contribution in [2.75, 3.05) is 5.32 Å². The minimum atomic E-state index is -0.738. The van der Waals surface area contributed by atoms with Crippen LogP contribution in [0.25, 0.3) is 0 Å². The molecule has 1 amide bonds. The molecule has 1 aromatic carbocycles. The molecule has 0 aliphatic rings. The molecule has 1 N–H and O–H groups in total. The Morgan fingerprint density at radius 2 is 1.96 bits per heavy atom. The van der Waals surface area contributed by atoms with E-state index in [9.17, 15) is 14.9 Å². The first-order valence-corrected chi connectivity index (χ1v) is 8.35. The van der Waals surface area contributed by atoms with Crippen molar-refractivity contribution >= 4 is 40.7 Å². The van der Waals surface area contributed by atoms with Crippen LogP contribution >= 0.6 is 23.2 Å². The van der Waals surface area contributed by atoms with Crippen LogP contribution in [0.2, 0.25) is 10.0 Å². The van der Waals surface area contributed by atoms with Crippen LogP contribution in [-0.2, 0) is 13.6 Å². The first-order chi connectivity index (χ1) is 12.8. The molecule has 2 aromatic heterocycles. The van der Waals surface area contributed by atoms with E-state index in [1.54, 1.807) is 18.2 Å². The third-order valence-electron chi connectivity index (χ3n) is 3.73. The first kappa shape index (κ1) is 18.8. The molecule has 3 aromatic rings. The second kappa shape index (κ2) is 7.33. The lowest BCUT2D eigenvalue weighted by molar-refractivity contribution is -0.385.